The Kier molecular flexibility index (Phi) is 7.26. The van der Waals surface area contributed by atoms with Gasteiger partial charge in [-0.3, -0.25) is 0 Å². The maximum absolute atomic E-state index is 12.1. The van der Waals surface area contributed by atoms with E-state index >= 15 is 0 Å². The zero-order chi connectivity index (χ0) is 16.2. The van der Waals surface area contributed by atoms with E-state index in [0.29, 0.717) is 0 Å². The molecular weight excluding hydrogens is 344 g/mol. The largest absolute Gasteiger partial charge is 0.223 e. The highest BCUT2D eigenvalue weighted by Crippen LogP contribution is 2.33. The van der Waals surface area contributed by atoms with Gasteiger partial charge in [0, 0.05) is 0 Å². The van der Waals surface area contributed by atoms with Gasteiger partial charge in [0.2, 0.25) is 0 Å². The molecule has 120 valence electrons. The summed E-state index contributed by atoms with van der Waals surface area (Å²) in [5, 5.41) is 0. The van der Waals surface area contributed by atoms with E-state index in [2.05, 4.69) is 0 Å². The average molecular weight is 365 g/mol. The predicted molar refractivity (Wildman–Crippen MR) is 83.5 cm³/mol. The molecule has 0 spiro atoms. The normalized spacial score (nSPS) is 13.2. The zero-order valence-corrected chi connectivity index (χ0v) is 15.2. The van der Waals surface area contributed by atoms with Crippen molar-refractivity contribution in [3.63, 3.8) is 0 Å². The fraction of sp³-hybridized carbons (Fsp3) is 0.800. The molecule has 0 aromatic heterocycles. The third kappa shape index (κ3) is 4.47. The van der Waals surface area contributed by atoms with Crippen molar-refractivity contribution in [2.45, 2.75) is 27.7 Å². The minimum atomic E-state index is -4.15. The minimum Gasteiger partial charge on any atom is -0.223 e. The Bertz CT molecular complexity index is 631. The summed E-state index contributed by atoms with van der Waals surface area (Å²) in [6.45, 7) is 5.55. The quantitative estimate of drug-likeness (QED) is 0.637. The monoisotopic (exact) mass is 364 g/mol. The first kappa shape index (κ1) is 19.9. The molecule has 0 heterocycles. The zero-order valence-electron chi connectivity index (χ0n) is 11.9. The summed E-state index contributed by atoms with van der Waals surface area (Å²) in [5.74, 6) is -1.02. The Morgan fingerprint density at radius 2 is 1.05 bits per heavy atom. The first-order valence-electron chi connectivity index (χ1n) is 6.05. The van der Waals surface area contributed by atoms with E-state index < -0.39 is 49.5 Å². The smallest absolute Gasteiger partial charge is 0.190 e. The Morgan fingerprint density at radius 3 is 1.30 bits per heavy atom. The molecule has 0 saturated heterocycles. The van der Waals surface area contributed by atoms with Gasteiger partial charge in [0.15, 0.2) is 33.7 Å². The summed E-state index contributed by atoms with van der Waals surface area (Å²) >= 11 is 0.734. The maximum Gasteiger partial charge on any atom is 0.190 e. The Labute approximate surface area is 125 Å². The maximum atomic E-state index is 12.1. The lowest BCUT2D eigenvalue weighted by Gasteiger charge is -2.13. The number of rotatable bonds is 8. The SMILES string of the molecule is CCSC(=C(S(=O)(=O)CC)S(=O)(=O)CC)S(=O)(=O)CC. The summed E-state index contributed by atoms with van der Waals surface area (Å²) in [5.41, 5.74) is 0. The van der Waals surface area contributed by atoms with Gasteiger partial charge in [-0.25, -0.2) is 25.3 Å². The minimum absolute atomic E-state index is 0.260. The van der Waals surface area contributed by atoms with E-state index in [1.54, 1.807) is 6.92 Å². The van der Waals surface area contributed by atoms with Gasteiger partial charge in [0.25, 0.3) is 0 Å². The van der Waals surface area contributed by atoms with E-state index in [-0.39, 0.29) is 11.5 Å². The lowest BCUT2D eigenvalue weighted by atomic mass is 11.0. The first-order chi connectivity index (χ1) is 9.00. The Hall–Kier alpha value is -0.0600. The highest BCUT2D eigenvalue weighted by Gasteiger charge is 2.36. The summed E-state index contributed by atoms with van der Waals surface area (Å²) in [7, 11) is -12.2. The van der Waals surface area contributed by atoms with E-state index in [1.807, 2.05) is 0 Å². The van der Waals surface area contributed by atoms with Crippen LogP contribution in [0.15, 0.2) is 8.47 Å². The first-order valence-corrected chi connectivity index (χ1v) is 12.0. The topological polar surface area (TPSA) is 102 Å². The van der Waals surface area contributed by atoms with Crippen molar-refractivity contribution in [3.05, 3.63) is 8.47 Å². The van der Waals surface area contributed by atoms with Crippen LogP contribution in [0.2, 0.25) is 0 Å². The van der Waals surface area contributed by atoms with Crippen LogP contribution in [0.1, 0.15) is 27.7 Å². The molecule has 6 nitrogen and oxygen atoms in total. The highest BCUT2D eigenvalue weighted by atomic mass is 32.3. The molecule has 0 radical (unpaired) electrons. The number of hydrogen-bond donors (Lipinski definition) is 0. The molecule has 0 aromatic carbocycles. The molecule has 0 bridgehead atoms. The molecule has 0 atom stereocenters. The van der Waals surface area contributed by atoms with E-state index in [4.69, 9.17) is 0 Å². The van der Waals surface area contributed by atoms with Crippen LogP contribution in [0.3, 0.4) is 0 Å². The van der Waals surface area contributed by atoms with Crippen LogP contribution < -0.4 is 0 Å². The molecule has 0 amide bonds. The van der Waals surface area contributed by atoms with Gasteiger partial charge in [-0.15, -0.1) is 11.8 Å². The van der Waals surface area contributed by atoms with Crippen LogP contribution in [-0.4, -0.2) is 48.3 Å². The van der Waals surface area contributed by atoms with Crippen LogP contribution in [0.25, 0.3) is 0 Å². The van der Waals surface area contributed by atoms with E-state index in [0.717, 1.165) is 11.8 Å². The Balaban J connectivity index is 6.83. The second-order valence-electron chi connectivity index (χ2n) is 3.72. The van der Waals surface area contributed by atoms with Gasteiger partial charge in [0.05, 0.1) is 17.3 Å². The van der Waals surface area contributed by atoms with Crippen molar-refractivity contribution >= 4 is 41.3 Å². The van der Waals surface area contributed by atoms with Crippen LogP contribution in [-0.2, 0) is 29.5 Å². The van der Waals surface area contributed by atoms with Gasteiger partial charge in [-0.2, -0.15) is 0 Å². The van der Waals surface area contributed by atoms with Crippen molar-refractivity contribution < 1.29 is 25.3 Å². The van der Waals surface area contributed by atoms with Gasteiger partial charge < -0.3 is 0 Å². The van der Waals surface area contributed by atoms with Gasteiger partial charge >= 0.3 is 0 Å². The van der Waals surface area contributed by atoms with Crippen LogP contribution in [0.4, 0.5) is 0 Å². The molecule has 0 rings (SSSR count). The molecule has 10 heteroatoms. The third-order valence-corrected chi connectivity index (χ3v) is 10.9. The summed E-state index contributed by atoms with van der Waals surface area (Å²) < 4.78 is 70.9. The molecule has 0 saturated carbocycles. The lowest BCUT2D eigenvalue weighted by Crippen LogP contribution is -2.22. The molecule has 0 aliphatic carbocycles. The molecular formula is C10H20O6S4. The van der Waals surface area contributed by atoms with Crippen molar-refractivity contribution in [2.24, 2.45) is 0 Å². The standard InChI is InChI=1S/C10H20O6S4/c1-5-17-9(18(11,12)6-2)10(19(13,14)7-3)20(15,16)8-4/h5-8H2,1-4H3. The molecule has 0 N–H and O–H groups in total. The third-order valence-electron chi connectivity index (χ3n) is 2.43. The van der Waals surface area contributed by atoms with Crippen molar-refractivity contribution in [2.75, 3.05) is 23.0 Å². The molecule has 20 heavy (non-hydrogen) atoms. The number of thioether (sulfide) groups is 1. The Morgan fingerprint density at radius 1 is 0.700 bits per heavy atom. The van der Waals surface area contributed by atoms with Crippen LogP contribution in [0.5, 0.6) is 0 Å². The van der Waals surface area contributed by atoms with E-state index in [9.17, 15) is 25.3 Å². The molecule has 0 fully saturated rings. The summed E-state index contributed by atoms with van der Waals surface area (Å²) in [6, 6.07) is 0. The van der Waals surface area contributed by atoms with Crippen LogP contribution in [0, 0.1) is 0 Å². The van der Waals surface area contributed by atoms with Crippen LogP contribution >= 0.6 is 11.8 Å². The van der Waals surface area contributed by atoms with E-state index in [1.165, 1.54) is 20.8 Å². The highest BCUT2D eigenvalue weighted by molar-refractivity contribution is 8.22. The molecule has 0 aliphatic heterocycles. The van der Waals surface area contributed by atoms with Gasteiger partial charge in [-0.05, 0) is 5.75 Å². The van der Waals surface area contributed by atoms with Crippen molar-refractivity contribution in [1.82, 2.24) is 0 Å². The van der Waals surface area contributed by atoms with Gasteiger partial charge in [-0.1, -0.05) is 27.7 Å². The van der Waals surface area contributed by atoms with Gasteiger partial charge in [0.1, 0.15) is 4.24 Å². The van der Waals surface area contributed by atoms with Crippen molar-refractivity contribution in [3.8, 4) is 0 Å². The summed E-state index contributed by atoms with van der Waals surface area (Å²) in [4.78, 5) is 0. The molecule has 0 unspecified atom stereocenters. The lowest BCUT2D eigenvalue weighted by molar-refractivity contribution is 0.593. The number of hydrogen-bond acceptors (Lipinski definition) is 7. The second kappa shape index (κ2) is 7.28. The second-order valence-corrected chi connectivity index (χ2v) is 12.2. The van der Waals surface area contributed by atoms with Crippen molar-refractivity contribution in [1.29, 1.82) is 0 Å². The fourth-order valence-electron chi connectivity index (χ4n) is 1.25. The average Bonchev–Trinajstić information content (AvgIpc) is 2.37. The molecule has 0 aromatic rings. The summed E-state index contributed by atoms with van der Waals surface area (Å²) in [6.07, 6.45) is 0. The number of sulfone groups is 3. The fourth-order valence-corrected chi connectivity index (χ4v) is 9.49. The predicted octanol–water partition coefficient (Wildman–Crippen LogP) is 1.17. The molecule has 0 aliphatic rings.